The van der Waals surface area contributed by atoms with Crippen molar-refractivity contribution < 1.29 is 4.79 Å². The monoisotopic (exact) mass is 329 g/mol. The Labute approximate surface area is 124 Å². The Balaban J connectivity index is 1.95. The standard InChI is InChI=1S/C15H12BrN3O/c1-9-12(5-6-14(16)18-9)19-15(20)11-3-2-4-13-10(11)7-8-17-13/h2-8,17H,1H3,(H,19,20). The second-order valence-corrected chi connectivity index (χ2v) is 5.28. The smallest absolute Gasteiger partial charge is 0.256 e. The Bertz CT molecular complexity index is 795. The molecule has 0 saturated heterocycles. The summed E-state index contributed by atoms with van der Waals surface area (Å²) in [6, 6.07) is 11.2. The summed E-state index contributed by atoms with van der Waals surface area (Å²) in [5.74, 6) is -0.137. The topological polar surface area (TPSA) is 57.8 Å². The summed E-state index contributed by atoms with van der Waals surface area (Å²) in [5, 5.41) is 3.81. The van der Waals surface area contributed by atoms with Gasteiger partial charge in [0.15, 0.2) is 0 Å². The lowest BCUT2D eigenvalue weighted by atomic mass is 10.1. The molecule has 0 fully saturated rings. The molecule has 3 rings (SSSR count). The minimum atomic E-state index is -0.137. The first-order valence-electron chi connectivity index (χ1n) is 6.16. The number of fused-ring (bicyclic) bond motifs is 1. The number of amides is 1. The van der Waals surface area contributed by atoms with Gasteiger partial charge >= 0.3 is 0 Å². The van der Waals surface area contributed by atoms with E-state index in [0.29, 0.717) is 11.3 Å². The van der Waals surface area contributed by atoms with Crippen LogP contribution < -0.4 is 5.32 Å². The van der Waals surface area contributed by atoms with Crippen LogP contribution in [0, 0.1) is 6.92 Å². The van der Waals surface area contributed by atoms with E-state index in [0.717, 1.165) is 21.2 Å². The van der Waals surface area contributed by atoms with Crippen LogP contribution in [0.4, 0.5) is 5.69 Å². The second kappa shape index (κ2) is 5.09. The molecule has 0 aliphatic rings. The number of carbonyl (C=O) groups excluding carboxylic acids is 1. The van der Waals surface area contributed by atoms with E-state index in [2.05, 4.69) is 31.2 Å². The van der Waals surface area contributed by atoms with E-state index >= 15 is 0 Å². The molecule has 0 unspecified atom stereocenters. The van der Waals surface area contributed by atoms with Crippen LogP contribution in [0.3, 0.4) is 0 Å². The number of pyridine rings is 1. The molecule has 100 valence electrons. The van der Waals surface area contributed by atoms with E-state index in [1.54, 1.807) is 6.07 Å². The van der Waals surface area contributed by atoms with E-state index in [1.165, 1.54) is 0 Å². The Morgan fingerprint density at radius 1 is 1.25 bits per heavy atom. The molecule has 0 aliphatic carbocycles. The van der Waals surface area contributed by atoms with Crippen molar-refractivity contribution in [2.24, 2.45) is 0 Å². The van der Waals surface area contributed by atoms with Crippen LogP contribution in [0.1, 0.15) is 16.1 Å². The Morgan fingerprint density at radius 3 is 2.90 bits per heavy atom. The number of anilines is 1. The maximum Gasteiger partial charge on any atom is 0.256 e. The van der Waals surface area contributed by atoms with Gasteiger partial charge in [-0.15, -0.1) is 0 Å². The largest absolute Gasteiger partial charge is 0.361 e. The van der Waals surface area contributed by atoms with E-state index in [4.69, 9.17) is 0 Å². The maximum absolute atomic E-state index is 12.4. The molecule has 2 N–H and O–H groups in total. The van der Waals surface area contributed by atoms with Crippen molar-refractivity contribution in [3.8, 4) is 0 Å². The number of hydrogen-bond acceptors (Lipinski definition) is 2. The first-order chi connectivity index (χ1) is 9.65. The second-order valence-electron chi connectivity index (χ2n) is 4.47. The van der Waals surface area contributed by atoms with Gasteiger partial charge in [0.2, 0.25) is 0 Å². The summed E-state index contributed by atoms with van der Waals surface area (Å²) in [5.41, 5.74) is 3.08. The molecular formula is C15H12BrN3O. The van der Waals surface area contributed by atoms with Gasteiger partial charge in [0, 0.05) is 22.7 Å². The lowest BCUT2D eigenvalue weighted by molar-refractivity contribution is 0.102. The molecule has 0 atom stereocenters. The molecule has 2 aromatic heterocycles. The number of halogens is 1. The lowest BCUT2D eigenvalue weighted by Gasteiger charge is -2.08. The number of rotatable bonds is 2. The van der Waals surface area contributed by atoms with Crippen molar-refractivity contribution in [1.82, 2.24) is 9.97 Å². The van der Waals surface area contributed by atoms with Crippen LogP contribution in [0.15, 0.2) is 47.2 Å². The zero-order valence-electron chi connectivity index (χ0n) is 10.8. The van der Waals surface area contributed by atoms with Crippen molar-refractivity contribution >= 4 is 38.4 Å². The quantitative estimate of drug-likeness (QED) is 0.701. The van der Waals surface area contributed by atoms with Crippen LogP contribution in [-0.4, -0.2) is 15.9 Å². The van der Waals surface area contributed by atoms with Crippen molar-refractivity contribution in [2.75, 3.05) is 5.32 Å². The summed E-state index contributed by atoms with van der Waals surface area (Å²) in [6.45, 7) is 1.86. The number of nitrogens with one attached hydrogen (secondary N) is 2. The number of hydrogen-bond donors (Lipinski definition) is 2. The molecule has 0 radical (unpaired) electrons. The highest BCUT2D eigenvalue weighted by molar-refractivity contribution is 9.10. The van der Waals surface area contributed by atoms with Crippen LogP contribution in [0.2, 0.25) is 0 Å². The summed E-state index contributed by atoms with van der Waals surface area (Å²) in [6.07, 6.45) is 1.83. The molecule has 1 amide bonds. The molecule has 2 heterocycles. The highest BCUT2D eigenvalue weighted by Gasteiger charge is 2.12. The molecule has 1 aromatic carbocycles. The fourth-order valence-electron chi connectivity index (χ4n) is 2.14. The molecule has 3 aromatic rings. The molecule has 20 heavy (non-hydrogen) atoms. The third-order valence-corrected chi connectivity index (χ3v) is 3.58. The third kappa shape index (κ3) is 2.32. The fourth-order valence-corrected chi connectivity index (χ4v) is 2.53. The number of carbonyl (C=O) groups is 1. The first-order valence-corrected chi connectivity index (χ1v) is 6.95. The number of benzene rings is 1. The highest BCUT2D eigenvalue weighted by Crippen LogP contribution is 2.21. The van der Waals surface area contributed by atoms with Gasteiger partial charge in [0.05, 0.1) is 11.4 Å². The van der Waals surface area contributed by atoms with Crippen LogP contribution >= 0.6 is 15.9 Å². The molecule has 5 heteroatoms. The van der Waals surface area contributed by atoms with E-state index < -0.39 is 0 Å². The maximum atomic E-state index is 12.4. The molecular weight excluding hydrogens is 318 g/mol. The number of nitrogens with zero attached hydrogens (tertiary/aromatic N) is 1. The predicted molar refractivity (Wildman–Crippen MR) is 82.9 cm³/mol. The molecule has 0 aliphatic heterocycles. The Hall–Kier alpha value is -2.14. The van der Waals surface area contributed by atoms with Crippen molar-refractivity contribution in [3.05, 3.63) is 58.5 Å². The first kappa shape index (κ1) is 12.9. The molecule has 0 saturated carbocycles. The zero-order valence-corrected chi connectivity index (χ0v) is 12.4. The summed E-state index contributed by atoms with van der Waals surface area (Å²) in [4.78, 5) is 19.8. The van der Waals surface area contributed by atoms with E-state index in [9.17, 15) is 4.79 Å². The Kier molecular flexibility index (Phi) is 3.28. The normalized spacial score (nSPS) is 10.7. The number of H-pyrrole nitrogens is 1. The van der Waals surface area contributed by atoms with Gasteiger partial charge in [0.1, 0.15) is 4.60 Å². The number of aromatic amines is 1. The zero-order chi connectivity index (χ0) is 14.1. The van der Waals surface area contributed by atoms with Gasteiger partial charge in [0.25, 0.3) is 5.91 Å². The van der Waals surface area contributed by atoms with Gasteiger partial charge in [-0.25, -0.2) is 4.98 Å². The Morgan fingerprint density at radius 2 is 2.10 bits per heavy atom. The number of aromatic nitrogens is 2. The molecule has 4 nitrogen and oxygen atoms in total. The summed E-state index contributed by atoms with van der Waals surface area (Å²) < 4.78 is 0.751. The van der Waals surface area contributed by atoms with Crippen molar-refractivity contribution in [1.29, 1.82) is 0 Å². The number of aryl methyl sites for hydroxylation is 1. The minimum Gasteiger partial charge on any atom is -0.361 e. The fraction of sp³-hybridized carbons (Fsp3) is 0.0667. The minimum absolute atomic E-state index is 0.137. The van der Waals surface area contributed by atoms with Crippen LogP contribution in [0.25, 0.3) is 10.9 Å². The van der Waals surface area contributed by atoms with Crippen LogP contribution in [-0.2, 0) is 0 Å². The summed E-state index contributed by atoms with van der Waals surface area (Å²) in [7, 11) is 0. The molecule has 0 bridgehead atoms. The van der Waals surface area contributed by atoms with Gasteiger partial charge in [-0.05, 0) is 53.2 Å². The van der Waals surface area contributed by atoms with Crippen LogP contribution in [0.5, 0.6) is 0 Å². The van der Waals surface area contributed by atoms with Gasteiger partial charge in [-0.3, -0.25) is 4.79 Å². The lowest BCUT2D eigenvalue weighted by Crippen LogP contribution is -2.13. The van der Waals surface area contributed by atoms with E-state index in [1.807, 2.05) is 43.5 Å². The summed E-state index contributed by atoms with van der Waals surface area (Å²) >= 11 is 3.31. The third-order valence-electron chi connectivity index (χ3n) is 3.14. The van der Waals surface area contributed by atoms with Gasteiger partial charge < -0.3 is 10.3 Å². The van der Waals surface area contributed by atoms with Gasteiger partial charge in [-0.1, -0.05) is 6.07 Å². The molecule has 0 spiro atoms. The highest BCUT2D eigenvalue weighted by atomic mass is 79.9. The van der Waals surface area contributed by atoms with Crippen molar-refractivity contribution in [3.63, 3.8) is 0 Å². The van der Waals surface area contributed by atoms with Crippen molar-refractivity contribution in [2.45, 2.75) is 6.92 Å². The average Bonchev–Trinajstić information content (AvgIpc) is 2.90. The predicted octanol–water partition coefficient (Wildman–Crippen LogP) is 3.89. The SMILES string of the molecule is Cc1nc(Br)ccc1NC(=O)c1cccc2[nH]ccc12. The van der Waals surface area contributed by atoms with E-state index in [-0.39, 0.29) is 5.91 Å². The average molecular weight is 330 g/mol. The van der Waals surface area contributed by atoms with Gasteiger partial charge in [-0.2, -0.15) is 0 Å².